The van der Waals surface area contributed by atoms with Gasteiger partial charge in [0.05, 0.1) is 12.3 Å². The highest BCUT2D eigenvalue weighted by molar-refractivity contribution is 6.39. The molecule has 0 aliphatic carbocycles. The van der Waals surface area contributed by atoms with Crippen molar-refractivity contribution in [2.24, 2.45) is 0 Å². The normalized spacial score (nSPS) is 15.0. The van der Waals surface area contributed by atoms with Crippen LogP contribution in [0.1, 0.15) is 23.6 Å². The van der Waals surface area contributed by atoms with Crippen molar-refractivity contribution >= 4 is 29.6 Å². The first-order chi connectivity index (χ1) is 16.0. The molecule has 0 unspecified atom stereocenters. The van der Waals surface area contributed by atoms with E-state index in [1.807, 2.05) is 6.92 Å². The highest BCUT2D eigenvalue weighted by Crippen LogP contribution is 2.24. The van der Waals surface area contributed by atoms with E-state index in [0.717, 1.165) is 10.5 Å². The molecular formula is C26H21FN2O4. The number of halogens is 1. The minimum Gasteiger partial charge on any atom is -0.494 e. The Hall–Kier alpha value is -4.26. The standard InChI is InChI=1S/C26H21FN2O4/c1-2-33-21-13-11-20(12-14-21)29-25(31)22(24(30)28-26(29)32)16-18-9-7-17(8-10-18)15-19-5-3-4-6-23(19)27/h3-14,16H,2,15H2,1H3,(H,28,30,32)/b22-16+. The van der Waals surface area contributed by atoms with Gasteiger partial charge in [-0.2, -0.15) is 0 Å². The summed E-state index contributed by atoms with van der Waals surface area (Å²) in [4.78, 5) is 38.6. The number of carbonyl (C=O) groups excluding carboxylic acids is 3. The van der Waals surface area contributed by atoms with Gasteiger partial charge in [0.15, 0.2) is 0 Å². The third-order valence-electron chi connectivity index (χ3n) is 5.15. The maximum Gasteiger partial charge on any atom is 0.335 e. The van der Waals surface area contributed by atoms with Crippen LogP contribution in [0.5, 0.6) is 5.75 Å². The molecule has 6 nitrogen and oxygen atoms in total. The van der Waals surface area contributed by atoms with Crippen molar-refractivity contribution in [3.05, 3.63) is 101 Å². The molecule has 0 atom stereocenters. The van der Waals surface area contributed by atoms with Crippen LogP contribution < -0.4 is 15.0 Å². The Morgan fingerprint density at radius 1 is 0.939 bits per heavy atom. The molecule has 0 bridgehead atoms. The highest BCUT2D eigenvalue weighted by Gasteiger charge is 2.36. The molecule has 3 aromatic rings. The van der Waals surface area contributed by atoms with Crippen LogP contribution in [-0.2, 0) is 16.0 Å². The number of anilines is 1. The molecule has 7 heteroatoms. The molecule has 0 saturated carbocycles. The Bertz CT molecular complexity index is 1230. The fraction of sp³-hybridized carbons (Fsp3) is 0.115. The Morgan fingerprint density at radius 2 is 1.64 bits per heavy atom. The van der Waals surface area contributed by atoms with Crippen molar-refractivity contribution in [2.75, 3.05) is 11.5 Å². The van der Waals surface area contributed by atoms with Crippen molar-refractivity contribution in [1.29, 1.82) is 0 Å². The summed E-state index contributed by atoms with van der Waals surface area (Å²) in [5.74, 6) is -1.15. The van der Waals surface area contributed by atoms with Crippen molar-refractivity contribution in [2.45, 2.75) is 13.3 Å². The zero-order chi connectivity index (χ0) is 23.4. The molecule has 1 fully saturated rings. The van der Waals surface area contributed by atoms with Crippen molar-refractivity contribution < 1.29 is 23.5 Å². The number of urea groups is 1. The van der Waals surface area contributed by atoms with E-state index >= 15 is 0 Å². The van der Waals surface area contributed by atoms with E-state index in [4.69, 9.17) is 4.74 Å². The summed E-state index contributed by atoms with van der Waals surface area (Å²) in [7, 11) is 0. The number of ether oxygens (including phenoxy) is 1. The summed E-state index contributed by atoms with van der Waals surface area (Å²) in [6, 6.07) is 19.3. The van der Waals surface area contributed by atoms with Gasteiger partial charge >= 0.3 is 6.03 Å². The molecule has 1 aliphatic rings. The second-order valence-electron chi connectivity index (χ2n) is 7.39. The van der Waals surface area contributed by atoms with Crippen LogP contribution in [0.3, 0.4) is 0 Å². The summed E-state index contributed by atoms with van der Waals surface area (Å²) in [6.45, 7) is 2.34. The topological polar surface area (TPSA) is 75.7 Å². The Kier molecular flexibility index (Phi) is 6.31. The number of rotatable bonds is 6. The Balaban J connectivity index is 1.56. The van der Waals surface area contributed by atoms with E-state index in [-0.39, 0.29) is 11.4 Å². The van der Waals surface area contributed by atoms with E-state index in [0.29, 0.717) is 35.6 Å². The molecular weight excluding hydrogens is 423 g/mol. The highest BCUT2D eigenvalue weighted by atomic mass is 19.1. The number of imide groups is 2. The Labute approximate surface area is 190 Å². The average Bonchev–Trinajstić information content (AvgIpc) is 2.80. The van der Waals surface area contributed by atoms with Gasteiger partial charge in [-0.3, -0.25) is 14.9 Å². The van der Waals surface area contributed by atoms with Crippen LogP contribution in [0.25, 0.3) is 6.08 Å². The van der Waals surface area contributed by atoms with E-state index in [1.54, 1.807) is 66.7 Å². The number of carbonyl (C=O) groups is 3. The van der Waals surface area contributed by atoms with Crippen LogP contribution in [0.2, 0.25) is 0 Å². The van der Waals surface area contributed by atoms with Gasteiger partial charge in [-0.1, -0.05) is 42.5 Å². The van der Waals surface area contributed by atoms with E-state index in [9.17, 15) is 18.8 Å². The summed E-state index contributed by atoms with van der Waals surface area (Å²) in [5.41, 5.74) is 2.22. The monoisotopic (exact) mass is 444 g/mol. The van der Waals surface area contributed by atoms with Crippen molar-refractivity contribution in [3.63, 3.8) is 0 Å². The van der Waals surface area contributed by atoms with Crippen LogP contribution in [0.15, 0.2) is 78.4 Å². The summed E-state index contributed by atoms with van der Waals surface area (Å²) >= 11 is 0. The first-order valence-electron chi connectivity index (χ1n) is 10.4. The third-order valence-corrected chi connectivity index (χ3v) is 5.15. The fourth-order valence-corrected chi connectivity index (χ4v) is 3.51. The van der Waals surface area contributed by atoms with Crippen LogP contribution in [0.4, 0.5) is 14.9 Å². The predicted molar refractivity (Wildman–Crippen MR) is 122 cm³/mol. The second-order valence-corrected chi connectivity index (χ2v) is 7.39. The molecule has 1 aliphatic heterocycles. The van der Waals surface area contributed by atoms with Gasteiger partial charge < -0.3 is 4.74 Å². The molecule has 1 N–H and O–H groups in total. The lowest BCUT2D eigenvalue weighted by Gasteiger charge is -2.26. The van der Waals surface area contributed by atoms with E-state index in [1.165, 1.54) is 12.1 Å². The number of hydrogen-bond donors (Lipinski definition) is 1. The van der Waals surface area contributed by atoms with Gasteiger partial charge in [-0.15, -0.1) is 0 Å². The zero-order valence-electron chi connectivity index (χ0n) is 17.9. The predicted octanol–water partition coefficient (Wildman–Crippen LogP) is 4.48. The lowest BCUT2D eigenvalue weighted by molar-refractivity contribution is -0.122. The molecule has 0 radical (unpaired) electrons. The molecule has 4 rings (SSSR count). The maximum atomic E-state index is 13.9. The maximum absolute atomic E-state index is 13.9. The fourth-order valence-electron chi connectivity index (χ4n) is 3.51. The first kappa shape index (κ1) is 22.0. The van der Waals surface area contributed by atoms with Gasteiger partial charge in [0, 0.05) is 6.42 Å². The summed E-state index contributed by atoms with van der Waals surface area (Å²) in [6.07, 6.45) is 1.85. The number of nitrogens with one attached hydrogen (secondary N) is 1. The minimum atomic E-state index is -0.813. The smallest absolute Gasteiger partial charge is 0.335 e. The van der Waals surface area contributed by atoms with Gasteiger partial charge in [0.2, 0.25) is 0 Å². The van der Waals surface area contributed by atoms with Crippen molar-refractivity contribution in [1.82, 2.24) is 5.32 Å². The molecule has 3 aromatic carbocycles. The van der Waals surface area contributed by atoms with E-state index in [2.05, 4.69) is 5.32 Å². The lowest BCUT2D eigenvalue weighted by Crippen LogP contribution is -2.54. The third kappa shape index (κ3) is 4.82. The molecule has 0 spiro atoms. The van der Waals surface area contributed by atoms with Crippen LogP contribution >= 0.6 is 0 Å². The molecule has 33 heavy (non-hydrogen) atoms. The summed E-state index contributed by atoms with van der Waals surface area (Å²) in [5, 5.41) is 2.20. The lowest BCUT2D eigenvalue weighted by atomic mass is 10.0. The van der Waals surface area contributed by atoms with Gasteiger partial charge in [0.25, 0.3) is 11.8 Å². The second kappa shape index (κ2) is 9.48. The number of barbiturate groups is 1. The number of benzene rings is 3. The largest absolute Gasteiger partial charge is 0.494 e. The molecule has 1 heterocycles. The van der Waals surface area contributed by atoms with Gasteiger partial charge in [0.1, 0.15) is 17.1 Å². The van der Waals surface area contributed by atoms with E-state index < -0.39 is 17.8 Å². The molecule has 1 saturated heterocycles. The molecule has 4 amide bonds. The summed E-state index contributed by atoms with van der Waals surface area (Å²) < 4.78 is 19.3. The Morgan fingerprint density at radius 3 is 2.30 bits per heavy atom. The SMILES string of the molecule is CCOc1ccc(N2C(=O)NC(=O)/C(=C\c3ccc(Cc4ccccc4F)cc3)C2=O)cc1. The van der Waals surface area contributed by atoms with Crippen LogP contribution in [-0.4, -0.2) is 24.5 Å². The van der Waals surface area contributed by atoms with Crippen molar-refractivity contribution in [3.8, 4) is 5.75 Å². The van der Waals surface area contributed by atoms with Gasteiger partial charge in [-0.05, 0) is 60.0 Å². The van der Waals surface area contributed by atoms with Crippen LogP contribution in [0, 0.1) is 5.82 Å². The number of hydrogen-bond acceptors (Lipinski definition) is 4. The van der Waals surface area contributed by atoms with Gasteiger partial charge in [-0.25, -0.2) is 14.1 Å². The first-order valence-corrected chi connectivity index (χ1v) is 10.4. The number of amides is 4. The zero-order valence-corrected chi connectivity index (χ0v) is 17.9. The molecule has 166 valence electrons. The molecule has 0 aromatic heterocycles. The quantitative estimate of drug-likeness (QED) is 0.449. The average molecular weight is 444 g/mol. The minimum absolute atomic E-state index is 0.162. The number of nitrogens with zero attached hydrogens (tertiary/aromatic N) is 1.